The molecule has 0 aliphatic carbocycles. The van der Waals surface area contributed by atoms with Crippen molar-refractivity contribution in [2.45, 2.75) is 33.6 Å². The Labute approximate surface area is 206 Å². The molecular weight excluding hydrogens is 438 g/mol. The van der Waals surface area contributed by atoms with Crippen LogP contribution in [0.25, 0.3) is 0 Å². The Bertz CT molecular complexity index is 1320. The number of hydrogen-bond acceptors (Lipinski definition) is 4. The van der Waals surface area contributed by atoms with Gasteiger partial charge in [0, 0.05) is 16.8 Å². The van der Waals surface area contributed by atoms with Crippen LogP contribution in [-0.2, 0) is 0 Å². The first-order valence-electron chi connectivity index (χ1n) is 11.6. The first-order chi connectivity index (χ1) is 16.8. The van der Waals surface area contributed by atoms with Crippen LogP contribution in [0, 0.1) is 13.8 Å². The van der Waals surface area contributed by atoms with Crippen molar-refractivity contribution in [2.75, 3.05) is 5.32 Å². The van der Waals surface area contributed by atoms with Gasteiger partial charge in [-0.2, -0.15) is 0 Å². The van der Waals surface area contributed by atoms with Crippen LogP contribution in [0.2, 0.25) is 0 Å². The maximum absolute atomic E-state index is 12.9. The molecule has 0 saturated carbocycles. The van der Waals surface area contributed by atoms with Crippen molar-refractivity contribution < 1.29 is 19.4 Å². The van der Waals surface area contributed by atoms with Gasteiger partial charge in [-0.25, -0.2) is 0 Å². The Morgan fingerprint density at radius 2 is 1.43 bits per heavy atom. The number of carbonyl (C=O) groups is 1. The van der Waals surface area contributed by atoms with E-state index < -0.39 is 0 Å². The fourth-order valence-electron chi connectivity index (χ4n) is 3.89. The van der Waals surface area contributed by atoms with E-state index in [0.717, 1.165) is 22.4 Å². The van der Waals surface area contributed by atoms with Crippen LogP contribution in [0.15, 0.2) is 84.9 Å². The molecule has 4 aromatic rings. The van der Waals surface area contributed by atoms with E-state index in [1.165, 1.54) is 0 Å². The highest BCUT2D eigenvalue weighted by Crippen LogP contribution is 2.35. The average molecular weight is 468 g/mol. The van der Waals surface area contributed by atoms with Crippen LogP contribution >= 0.6 is 0 Å². The molecule has 1 amide bonds. The Hall–Kier alpha value is -4.25. The third kappa shape index (κ3) is 5.82. The van der Waals surface area contributed by atoms with Gasteiger partial charge in [0.1, 0.15) is 28.7 Å². The predicted molar refractivity (Wildman–Crippen MR) is 139 cm³/mol. The summed E-state index contributed by atoms with van der Waals surface area (Å²) in [5, 5.41) is 13.1. The molecule has 0 unspecified atom stereocenters. The quantitative estimate of drug-likeness (QED) is 0.289. The smallest absolute Gasteiger partial charge is 0.255 e. The number of carbonyl (C=O) groups excluding carboxylic acids is 1. The van der Waals surface area contributed by atoms with Crippen LogP contribution in [0.1, 0.15) is 46.8 Å². The van der Waals surface area contributed by atoms with Gasteiger partial charge < -0.3 is 19.9 Å². The van der Waals surface area contributed by atoms with E-state index in [-0.39, 0.29) is 17.6 Å². The highest BCUT2D eigenvalue weighted by molar-refractivity contribution is 6.04. The van der Waals surface area contributed by atoms with Crippen molar-refractivity contribution in [3.05, 3.63) is 107 Å². The summed E-state index contributed by atoms with van der Waals surface area (Å²) < 4.78 is 12.0. The zero-order valence-corrected chi connectivity index (χ0v) is 20.3. The minimum Gasteiger partial charge on any atom is -0.508 e. The number of ether oxygens (including phenoxy) is 2. The van der Waals surface area contributed by atoms with Crippen LogP contribution in [0.4, 0.5) is 5.69 Å². The number of aryl methyl sites for hydroxylation is 2. The second-order valence-corrected chi connectivity index (χ2v) is 8.81. The molecule has 0 aliphatic rings. The van der Waals surface area contributed by atoms with E-state index in [2.05, 4.69) is 5.32 Å². The molecule has 4 aromatic carbocycles. The van der Waals surface area contributed by atoms with Crippen molar-refractivity contribution in [3.63, 3.8) is 0 Å². The largest absolute Gasteiger partial charge is 0.508 e. The van der Waals surface area contributed by atoms with Crippen LogP contribution in [0.3, 0.4) is 0 Å². The SMILES string of the molecule is Cc1cc(NC(=O)c2cccc(Oc3ccccc3)c2)cc(C)c1Oc1ccc(O)c(C(C)C)c1. The van der Waals surface area contributed by atoms with Crippen molar-refractivity contribution in [1.82, 2.24) is 0 Å². The topological polar surface area (TPSA) is 67.8 Å². The number of aromatic hydroxyl groups is 1. The van der Waals surface area contributed by atoms with Crippen LogP contribution < -0.4 is 14.8 Å². The van der Waals surface area contributed by atoms with Crippen molar-refractivity contribution in [2.24, 2.45) is 0 Å². The zero-order valence-electron chi connectivity index (χ0n) is 20.3. The normalized spacial score (nSPS) is 10.8. The van der Waals surface area contributed by atoms with E-state index in [4.69, 9.17) is 9.47 Å². The molecule has 0 bridgehead atoms. The fourth-order valence-corrected chi connectivity index (χ4v) is 3.89. The molecular formula is C30H29NO4. The third-order valence-electron chi connectivity index (χ3n) is 5.63. The average Bonchev–Trinajstić information content (AvgIpc) is 2.83. The summed E-state index contributed by atoms with van der Waals surface area (Å²) in [5.74, 6) is 2.89. The standard InChI is InChI=1S/C30H29NO4/c1-19(2)27-18-26(13-14-28(27)32)35-29-20(3)15-23(16-21(29)4)31-30(33)22-9-8-12-25(17-22)34-24-10-6-5-7-11-24/h5-19,32H,1-4H3,(H,31,33). The van der Waals surface area contributed by atoms with E-state index in [1.807, 2.05) is 82.3 Å². The number of nitrogens with one attached hydrogen (secondary N) is 1. The van der Waals surface area contributed by atoms with Gasteiger partial charge in [0.05, 0.1) is 0 Å². The molecule has 2 N–H and O–H groups in total. The molecule has 4 rings (SSSR count). The van der Waals surface area contributed by atoms with Gasteiger partial charge >= 0.3 is 0 Å². The van der Waals surface area contributed by atoms with Gasteiger partial charge in [0.2, 0.25) is 0 Å². The molecule has 0 radical (unpaired) electrons. The minimum absolute atomic E-state index is 0.176. The first kappa shape index (κ1) is 23.9. The lowest BCUT2D eigenvalue weighted by Crippen LogP contribution is -2.12. The molecule has 178 valence electrons. The monoisotopic (exact) mass is 467 g/mol. The molecule has 0 spiro atoms. The second kappa shape index (κ2) is 10.3. The summed E-state index contributed by atoms with van der Waals surface area (Å²) in [4.78, 5) is 12.9. The van der Waals surface area contributed by atoms with E-state index in [0.29, 0.717) is 28.5 Å². The Morgan fingerprint density at radius 1 is 0.771 bits per heavy atom. The molecule has 35 heavy (non-hydrogen) atoms. The predicted octanol–water partition coefficient (Wildman–Crippen LogP) is 7.97. The Kier molecular flexibility index (Phi) is 7.06. The van der Waals surface area contributed by atoms with Gasteiger partial charge in [-0.15, -0.1) is 0 Å². The van der Waals surface area contributed by atoms with Crippen molar-refractivity contribution in [3.8, 4) is 28.7 Å². The highest BCUT2D eigenvalue weighted by atomic mass is 16.5. The number of benzene rings is 4. The molecule has 5 heteroatoms. The van der Waals surface area contributed by atoms with Crippen LogP contribution in [-0.4, -0.2) is 11.0 Å². The summed E-state index contributed by atoms with van der Waals surface area (Å²) in [6.07, 6.45) is 0. The van der Waals surface area contributed by atoms with E-state index in [9.17, 15) is 9.90 Å². The molecule has 0 saturated heterocycles. The zero-order chi connectivity index (χ0) is 24.9. The lowest BCUT2D eigenvalue weighted by atomic mass is 10.0. The molecule has 0 fully saturated rings. The Morgan fingerprint density at radius 3 is 2.11 bits per heavy atom. The Balaban J connectivity index is 1.50. The molecule has 0 aromatic heterocycles. The number of anilines is 1. The molecule has 0 atom stereocenters. The maximum Gasteiger partial charge on any atom is 0.255 e. The second-order valence-electron chi connectivity index (χ2n) is 8.81. The van der Waals surface area contributed by atoms with Crippen molar-refractivity contribution >= 4 is 11.6 Å². The number of rotatable bonds is 7. The summed E-state index contributed by atoms with van der Waals surface area (Å²) in [6, 6.07) is 25.6. The van der Waals surface area contributed by atoms with Gasteiger partial charge in [0.15, 0.2) is 0 Å². The van der Waals surface area contributed by atoms with Gasteiger partial charge in [-0.3, -0.25) is 4.79 Å². The molecule has 0 aliphatic heterocycles. The van der Waals surface area contributed by atoms with Gasteiger partial charge in [-0.1, -0.05) is 38.1 Å². The lowest BCUT2D eigenvalue weighted by Gasteiger charge is -2.16. The highest BCUT2D eigenvalue weighted by Gasteiger charge is 2.14. The summed E-state index contributed by atoms with van der Waals surface area (Å²) >= 11 is 0. The van der Waals surface area contributed by atoms with E-state index in [1.54, 1.807) is 30.3 Å². The van der Waals surface area contributed by atoms with E-state index >= 15 is 0 Å². The fraction of sp³-hybridized carbons (Fsp3) is 0.167. The number of hydrogen-bond donors (Lipinski definition) is 2. The number of para-hydroxylation sites is 1. The lowest BCUT2D eigenvalue weighted by molar-refractivity contribution is 0.102. The molecule has 0 heterocycles. The summed E-state index contributed by atoms with van der Waals surface area (Å²) in [7, 11) is 0. The number of phenolic OH excluding ortho intramolecular Hbond substituents is 1. The maximum atomic E-state index is 12.9. The number of phenols is 1. The van der Waals surface area contributed by atoms with Gasteiger partial charge in [-0.05, 0) is 91.6 Å². The molecule has 5 nitrogen and oxygen atoms in total. The van der Waals surface area contributed by atoms with Crippen molar-refractivity contribution in [1.29, 1.82) is 0 Å². The van der Waals surface area contributed by atoms with Gasteiger partial charge in [0.25, 0.3) is 5.91 Å². The third-order valence-corrected chi connectivity index (χ3v) is 5.63. The van der Waals surface area contributed by atoms with Crippen LogP contribution in [0.5, 0.6) is 28.7 Å². The number of amides is 1. The summed E-state index contributed by atoms with van der Waals surface area (Å²) in [6.45, 7) is 7.93. The minimum atomic E-state index is -0.226. The first-order valence-corrected chi connectivity index (χ1v) is 11.6. The summed E-state index contributed by atoms with van der Waals surface area (Å²) in [5.41, 5.74) is 3.79.